The van der Waals surface area contributed by atoms with Crippen molar-refractivity contribution in [3.8, 4) is 0 Å². The van der Waals surface area contributed by atoms with E-state index in [0.717, 1.165) is 24.1 Å². The van der Waals surface area contributed by atoms with Crippen LogP contribution in [0.25, 0.3) is 6.08 Å². The van der Waals surface area contributed by atoms with Gasteiger partial charge < -0.3 is 21.1 Å². The SMILES string of the molecule is Cc1ncc(NC(=O)CN)cc1NC(=O)c1cnc2c(c1)C=C(C1=CCOC1)CC2. The Morgan fingerprint density at radius 2 is 2.00 bits per heavy atom. The molecule has 2 aromatic rings. The van der Waals surface area contributed by atoms with Gasteiger partial charge in [0.05, 0.1) is 48.6 Å². The molecule has 8 nitrogen and oxygen atoms in total. The Morgan fingerprint density at radius 1 is 1.13 bits per heavy atom. The number of carbonyl (C=O) groups excluding carboxylic acids is 2. The Kier molecular flexibility index (Phi) is 5.69. The topological polar surface area (TPSA) is 119 Å². The Hall–Kier alpha value is -3.36. The third-order valence-corrected chi connectivity index (χ3v) is 5.15. The van der Waals surface area contributed by atoms with Gasteiger partial charge in [0, 0.05) is 11.9 Å². The van der Waals surface area contributed by atoms with Crippen molar-refractivity contribution in [2.75, 3.05) is 30.4 Å². The second-order valence-electron chi connectivity index (χ2n) is 7.24. The van der Waals surface area contributed by atoms with Gasteiger partial charge in [-0.05, 0) is 54.7 Å². The molecule has 1 aliphatic heterocycles. The van der Waals surface area contributed by atoms with Gasteiger partial charge >= 0.3 is 0 Å². The molecule has 30 heavy (non-hydrogen) atoms. The third-order valence-electron chi connectivity index (χ3n) is 5.15. The molecule has 1 aliphatic carbocycles. The fraction of sp³-hybridized carbons (Fsp3) is 0.273. The molecular weight excluding hydrogens is 382 g/mol. The number of pyridine rings is 2. The predicted molar refractivity (Wildman–Crippen MR) is 114 cm³/mol. The van der Waals surface area contributed by atoms with Gasteiger partial charge in [-0.3, -0.25) is 19.6 Å². The van der Waals surface area contributed by atoms with Crippen LogP contribution < -0.4 is 16.4 Å². The van der Waals surface area contributed by atoms with Crippen molar-refractivity contribution in [3.05, 3.63) is 64.3 Å². The van der Waals surface area contributed by atoms with Crippen LogP contribution in [-0.4, -0.2) is 41.5 Å². The van der Waals surface area contributed by atoms with Crippen molar-refractivity contribution in [1.82, 2.24) is 9.97 Å². The average Bonchev–Trinajstić information content (AvgIpc) is 3.30. The minimum absolute atomic E-state index is 0.130. The van der Waals surface area contributed by atoms with E-state index in [1.165, 1.54) is 17.3 Å². The molecule has 4 N–H and O–H groups in total. The number of nitrogens with two attached hydrogens (primary N) is 1. The molecule has 2 aromatic heterocycles. The highest BCUT2D eigenvalue weighted by molar-refractivity contribution is 6.05. The Bertz CT molecular complexity index is 1070. The van der Waals surface area contributed by atoms with Crippen LogP contribution in [0.2, 0.25) is 0 Å². The summed E-state index contributed by atoms with van der Waals surface area (Å²) in [6, 6.07) is 3.51. The fourth-order valence-electron chi connectivity index (χ4n) is 3.48. The molecular formula is C22H23N5O3. The quantitative estimate of drug-likeness (QED) is 0.702. The highest BCUT2D eigenvalue weighted by atomic mass is 16.5. The molecule has 3 heterocycles. The second-order valence-corrected chi connectivity index (χ2v) is 7.24. The van der Waals surface area contributed by atoms with Gasteiger partial charge in [0.15, 0.2) is 0 Å². The molecule has 0 bridgehead atoms. The maximum absolute atomic E-state index is 12.8. The van der Waals surface area contributed by atoms with Gasteiger partial charge in [0.2, 0.25) is 5.91 Å². The monoisotopic (exact) mass is 405 g/mol. The third kappa shape index (κ3) is 4.29. The molecule has 0 saturated heterocycles. The number of ether oxygens (including phenoxy) is 1. The lowest BCUT2D eigenvalue weighted by Crippen LogP contribution is -2.22. The van der Waals surface area contributed by atoms with E-state index in [4.69, 9.17) is 10.5 Å². The molecule has 4 rings (SSSR count). The maximum atomic E-state index is 12.8. The molecule has 2 aliphatic rings. The molecule has 0 spiro atoms. The summed E-state index contributed by atoms with van der Waals surface area (Å²) in [6.07, 6.45) is 9.08. The minimum atomic E-state index is -0.331. The van der Waals surface area contributed by atoms with E-state index in [9.17, 15) is 9.59 Å². The zero-order valence-electron chi connectivity index (χ0n) is 16.7. The number of nitrogens with zero attached hydrogens (tertiary/aromatic N) is 2. The van der Waals surface area contributed by atoms with Crippen molar-refractivity contribution < 1.29 is 14.3 Å². The molecule has 0 unspecified atom stereocenters. The van der Waals surface area contributed by atoms with Gasteiger partial charge in [-0.1, -0.05) is 6.08 Å². The normalized spacial score (nSPS) is 15.1. The van der Waals surface area contributed by atoms with E-state index in [0.29, 0.717) is 35.8 Å². The first kappa shape index (κ1) is 19.9. The Morgan fingerprint density at radius 3 is 2.77 bits per heavy atom. The molecule has 0 saturated carbocycles. The number of hydrogen-bond donors (Lipinski definition) is 3. The predicted octanol–water partition coefficient (Wildman–Crippen LogP) is 2.22. The molecule has 0 radical (unpaired) electrons. The highest BCUT2D eigenvalue weighted by Crippen LogP contribution is 2.29. The summed E-state index contributed by atoms with van der Waals surface area (Å²) in [5.74, 6) is -0.622. The Labute approximate surface area is 174 Å². The van der Waals surface area contributed by atoms with E-state index < -0.39 is 0 Å². The molecule has 2 amide bonds. The number of anilines is 2. The summed E-state index contributed by atoms with van der Waals surface area (Å²) in [4.78, 5) is 33.1. The molecule has 0 fully saturated rings. The number of carbonyl (C=O) groups is 2. The first-order valence-electron chi connectivity index (χ1n) is 9.78. The zero-order chi connectivity index (χ0) is 21.1. The summed E-state index contributed by atoms with van der Waals surface area (Å²) >= 11 is 0. The lowest BCUT2D eigenvalue weighted by atomic mass is 9.91. The smallest absolute Gasteiger partial charge is 0.257 e. The van der Waals surface area contributed by atoms with Crippen LogP contribution in [0, 0.1) is 6.92 Å². The lowest BCUT2D eigenvalue weighted by Gasteiger charge is -2.17. The van der Waals surface area contributed by atoms with Gasteiger partial charge in [-0.15, -0.1) is 0 Å². The fourth-order valence-corrected chi connectivity index (χ4v) is 3.48. The van der Waals surface area contributed by atoms with Gasteiger partial charge in [0.1, 0.15) is 0 Å². The van der Waals surface area contributed by atoms with Gasteiger partial charge in [-0.25, -0.2) is 0 Å². The number of amides is 2. The summed E-state index contributed by atoms with van der Waals surface area (Å²) in [5.41, 5.74) is 11.8. The summed E-state index contributed by atoms with van der Waals surface area (Å²) in [7, 11) is 0. The van der Waals surface area contributed by atoms with Crippen LogP contribution in [0.1, 0.15) is 33.7 Å². The van der Waals surface area contributed by atoms with Crippen LogP contribution >= 0.6 is 0 Å². The number of fused-ring (bicyclic) bond motifs is 1. The van der Waals surface area contributed by atoms with Crippen LogP contribution in [0.4, 0.5) is 11.4 Å². The summed E-state index contributed by atoms with van der Waals surface area (Å²) in [6.45, 7) is 2.94. The zero-order valence-corrected chi connectivity index (χ0v) is 16.7. The van der Waals surface area contributed by atoms with E-state index in [1.807, 2.05) is 6.07 Å². The maximum Gasteiger partial charge on any atom is 0.257 e. The first-order valence-corrected chi connectivity index (χ1v) is 9.78. The van der Waals surface area contributed by atoms with Crippen molar-refractivity contribution in [2.24, 2.45) is 5.73 Å². The number of nitrogens with one attached hydrogen (secondary N) is 2. The van der Waals surface area contributed by atoms with Crippen LogP contribution in [0.3, 0.4) is 0 Å². The van der Waals surface area contributed by atoms with Gasteiger partial charge in [-0.2, -0.15) is 0 Å². The number of aryl methyl sites for hydroxylation is 2. The van der Waals surface area contributed by atoms with Crippen molar-refractivity contribution >= 4 is 29.3 Å². The molecule has 0 atom stereocenters. The van der Waals surface area contributed by atoms with Crippen LogP contribution in [0.5, 0.6) is 0 Å². The summed E-state index contributed by atoms with van der Waals surface area (Å²) < 4.78 is 5.43. The lowest BCUT2D eigenvalue weighted by molar-refractivity contribution is -0.114. The largest absolute Gasteiger partial charge is 0.373 e. The Balaban J connectivity index is 1.55. The van der Waals surface area contributed by atoms with E-state index in [1.54, 1.807) is 19.2 Å². The van der Waals surface area contributed by atoms with Crippen molar-refractivity contribution in [3.63, 3.8) is 0 Å². The standard InChI is InChI=1S/C22H23N5O3/c1-13-20(8-18(11-24-13)26-21(28)9-23)27-22(29)17-7-16-6-14(15-4-5-30-12-15)2-3-19(16)25-10-17/h4,6-8,10-11H,2-3,5,9,12,23H2,1H3,(H,26,28)(H,27,29). The second kappa shape index (κ2) is 8.56. The first-order chi connectivity index (χ1) is 14.5. The van der Waals surface area contributed by atoms with Crippen molar-refractivity contribution in [2.45, 2.75) is 19.8 Å². The average molecular weight is 405 g/mol. The number of hydrogen-bond acceptors (Lipinski definition) is 6. The minimum Gasteiger partial charge on any atom is -0.373 e. The van der Waals surface area contributed by atoms with E-state index >= 15 is 0 Å². The number of rotatable bonds is 5. The van der Waals surface area contributed by atoms with Crippen molar-refractivity contribution in [1.29, 1.82) is 0 Å². The van der Waals surface area contributed by atoms with Crippen LogP contribution in [-0.2, 0) is 16.0 Å². The summed E-state index contributed by atoms with van der Waals surface area (Å²) in [5, 5.41) is 5.49. The van der Waals surface area contributed by atoms with Crippen LogP contribution in [0.15, 0.2) is 41.7 Å². The van der Waals surface area contributed by atoms with E-state index in [2.05, 4.69) is 32.8 Å². The molecule has 154 valence electrons. The highest BCUT2D eigenvalue weighted by Gasteiger charge is 2.19. The molecule has 0 aromatic carbocycles. The number of aromatic nitrogens is 2. The van der Waals surface area contributed by atoms with Gasteiger partial charge in [0.25, 0.3) is 5.91 Å². The molecule has 8 heteroatoms. The van der Waals surface area contributed by atoms with E-state index in [-0.39, 0.29) is 18.4 Å².